The number of nitrogens with one attached hydrogen (secondary N) is 1. The van der Waals surface area contributed by atoms with E-state index in [1.807, 2.05) is 6.92 Å². The van der Waals surface area contributed by atoms with Gasteiger partial charge in [0.1, 0.15) is 4.90 Å². The number of hydrogen-bond acceptors (Lipinski definition) is 5. The van der Waals surface area contributed by atoms with Crippen molar-refractivity contribution in [3.8, 4) is 0 Å². The molecule has 3 N–H and O–H groups in total. The molecule has 1 aromatic carbocycles. The number of nitrogens with zero attached hydrogens (tertiary/aromatic N) is 1. The second-order valence-corrected chi connectivity index (χ2v) is 6.66. The lowest BCUT2D eigenvalue weighted by Gasteiger charge is -2.18. The molecule has 0 radical (unpaired) electrons. The summed E-state index contributed by atoms with van der Waals surface area (Å²) in [6.45, 7) is 2.24. The Bertz CT molecular complexity index is 601. The van der Waals surface area contributed by atoms with Crippen LogP contribution < -0.4 is 11.1 Å². The molecule has 7 nitrogen and oxygen atoms in total. The Balaban J connectivity index is 2.80. The van der Waals surface area contributed by atoms with E-state index < -0.39 is 15.9 Å². The van der Waals surface area contributed by atoms with Gasteiger partial charge in [0, 0.05) is 20.7 Å². The van der Waals surface area contributed by atoms with Crippen molar-refractivity contribution in [1.29, 1.82) is 0 Å². The number of nitrogens with two attached hydrogens (primary N) is 1. The number of sulfonamides is 1. The van der Waals surface area contributed by atoms with Gasteiger partial charge in [-0.3, -0.25) is 4.79 Å². The van der Waals surface area contributed by atoms with Gasteiger partial charge in [-0.15, -0.1) is 0 Å². The van der Waals surface area contributed by atoms with E-state index in [9.17, 15) is 13.2 Å². The van der Waals surface area contributed by atoms with Crippen LogP contribution in [-0.2, 0) is 19.6 Å². The Morgan fingerprint density at radius 2 is 2.10 bits per heavy atom. The lowest BCUT2D eigenvalue weighted by atomic mass is 10.2. The summed E-state index contributed by atoms with van der Waals surface area (Å²) >= 11 is 0. The van der Waals surface area contributed by atoms with Gasteiger partial charge in [-0.05, 0) is 24.6 Å². The zero-order valence-corrected chi connectivity index (χ0v) is 13.2. The molecule has 0 unspecified atom stereocenters. The van der Waals surface area contributed by atoms with Crippen molar-refractivity contribution in [2.24, 2.45) is 0 Å². The lowest BCUT2D eigenvalue weighted by molar-refractivity contribution is -0.121. The third kappa shape index (κ3) is 4.69. The molecule has 0 fully saturated rings. The van der Waals surface area contributed by atoms with Gasteiger partial charge >= 0.3 is 0 Å². The Morgan fingerprint density at radius 1 is 1.43 bits per heavy atom. The summed E-state index contributed by atoms with van der Waals surface area (Å²) in [4.78, 5) is 11.6. The molecule has 0 aliphatic rings. The Kier molecular flexibility index (Phi) is 6.13. The van der Waals surface area contributed by atoms with Crippen molar-refractivity contribution >= 4 is 21.6 Å². The number of carbonyl (C=O) groups is 1. The number of carbonyl (C=O) groups excluding carboxylic acids is 1. The van der Waals surface area contributed by atoms with Gasteiger partial charge in [-0.25, -0.2) is 8.42 Å². The van der Waals surface area contributed by atoms with Gasteiger partial charge in [0.2, 0.25) is 15.9 Å². The summed E-state index contributed by atoms with van der Waals surface area (Å²) in [6.07, 6.45) is 0. The van der Waals surface area contributed by atoms with Crippen LogP contribution in [0.2, 0.25) is 0 Å². The fourth-order valence-electron chi connectivity index (χ4n) is 1.71. The molecule has 0 aliphatic heterocycles. The highest BCUT2D eigenvalue weighted by Crippen LogP contribution is 2.22. The van der Waals surface area contributed by atoms with Crippen molar-refractivity contribution in [2.75, 3.05) is 39.6 Å². The molecule has 0 aliphatic carbocycles. The van der Waals surface area contributed by atoms with E-state index in [0.29, 0.717) is 13.2 Å². The minimum atomic E-state index is -3.80. The Morgan fingerprint density at radius 3 is 2.67 bits per heavy atom. The average molecular weight is 315 g/mol. The highest BCUT2D eigenvalue weighted by Gasteiger charge is 2.24. The third-order valence-corrected chi connectivity index (χ3v) is 4.73. The van der Waals surface area contributed by atoms with Crippen LogP contribution in [0.25, 0.3) is 0 Å². The Labute approximate surface area is 125 Å². The second kappa shape index (κ2) is 7.39. The topological polar surface area (TPSA) is 102 Å². The van der Waals surface area contributed by atoms with E-state index in [1.165, 1.54) is 20.2 Å². The molecule has 1 aromatic rings. The highest BCUT2D eigenvalue weighted by molar-refractivity contribution is 7.89. The van der Waals surface area contributed by atoms with Crippen LogP contribution in [0.3, 0.4) is 0 Å². The number of methoxy groups -OCH3 is 1. The van der Waals surface area contributed by atoms with Gasteiger partial charge < -0.3 is 15.8 Å². The fraction of sp³-hybridized carbons (Fsp3) is 0.462. The van der Waals surface area contributed by atoms with Gasteiger partial charge in [0.15, 0.2) is 0 Å². The first-order valence-electron chi connectivity index (χ1n) is 6.37. The van der Waals surface area contributed by atoms with Crippen molar-refractivity contribution in [1.82, 2.24) is 9.62 Å². The molecule has 0 heterocycles. The standard InChI is InChI=1S/C13H21N3O4S/c1-10-4-5-12(11(14)8-10)21(18,19)16(2)9-13(17)15-6-7-20-3/h4-5,8H,6-7,9,14H2,1-3H3,(H,15,17). The van der Waals surface area contributed by atoms with Crippen molar-refractivity contribution in [3.05, 3.63) is 23.8 Å². The van der Waals surface area contributed by atoms with Crippen LogP contribution in [0.1, 0.15) is 5.56 Å². The van der Waals surface area contributed by atoms with Crippen molar-refractivity contribution in [2.45, 2.75) is 11.8 Å². The average Bonchev–Trinajstić information content (AvgIpc) is 2.38. The van der Waals surface area contributed by atoms with Crippen molar-refractivity contribution in [3.63, 3.8) is 0 Å². The number of aryl methyl sites for hydroxylation is 1. The predicted molar refractivity (Wildman–Crippen MR) is 80.3 cm³/mol. The summed E-state index contributed by atoms with van der Waals surface area (Å²) < 4.78 is 30.5. The number of rotatable bonds is 7. The van der Waals surface area contributed by atoms with E-state index in [1.54, 1.807) is 12.1 Å². The minimum Gasteiger partial charge on any atom is -0.398 e. The molecule has 21 heavy (non-hydrogen) atoms. The van der Waals surface area contributed by atoms with Gasteiger partial charge in [-0.1, -0.05) is 6.07 Å². The maximum Gasteiger partial charge on any atom is 0.245 e. The smallest absolute Gasteiger partial charge is 0.245 e. The molecule has 0 saturated carbocycles. The third-order valence-electron chi connectivity index (χ3n) is 2.85. The Hall–Kier alpha value is -1.64. The molecule has 0 aromatic heterocycles. The summed E-state index contributed by atoms with van der Waals surface area (Å²) in [5.74, 6) is -0.399. The van der Waals surface area contributed by atoms with Crippen LogP contribution in [0.4, 0.5) is 5.69 Å². The molecule has 118 valence electrons. The van der Waals surface area contributed by atoms with Crippen molar-refractivity contribution < 1.29 is 17.9 Å². The normalized spacial score (nSPS) is 11.6. The first-order chi connectivity index (χ1) is 9.78. The van der Waals surface area contributed by atoms with E-state index in [2.05, 4.69) is 5.32 Å². The minimum absolute atomic E-state index is 0.000270. The second-order valence-electron chi connectivity index (χ2n) is 4.65. The first kappa shape index (κ1) is 17.4. The summed E-state index contributed by atoms with van der Waals surface area (Å²) in [6, 6.07) is 4.69. The number of benzene rings is 1. The quantitative estimate of drug-likeness (QED) is 0.543. The van der Waals surface area contributed by atoms with Crippen LogP contribution >= 0.6 is 0 Å². The monoisotopic (exact) mass is 315 g/mol. The predicted octanol–water partition coefficient (Wildman–Crippen LogP) is -0.0397. The largest absolute Gasteiger partial charge is 0.398 e. The maximum atomic E-state index is 12.4. The maximum absolute atomic E-state index is 12.4. The number of anilines is 1. The molecule has 0 saturated heterocycles. The van der Waals surface area contributed by atoms with Crippen LogP contribution in [0.5, 0.6) is 0 Å². The van der Waals surface area contributed by atoms with Crippen LogP contribution in [0.15, 0.2) is 23.1 Å². The van der Waals surface area contributed by atoms with E-state index in [0.717, 1.165) is 9.87 Å². The zero-order chi connectivity index (χ0) is 16.0. The van der Waals surface area contributed by atoms with Gasteiger partial charge in [0.05, 0.1) is 18.8 Å². The highest BCUT2D eigenvalue weighted by atomic mass is 32.2. The SMILES string of the molecule is COCCNC(=O)CN(C)S(=O)(=O)c1ccc(C)cc1N. The molecule has 1 rings (SSSR count). The van der Waals surface area contributed by atoms with Crippen LogP contribution in [0, 0.1) is 6.92 Å². The molecular weight excluding hydrogens is 294 g/mol. The first-order valence-corrected chi connectivity index (χ1v) is 7.81. The molecule has 0 atom stereocenters. The molecular formula is C13H21N3O4S. The number of amides is 1. The molecule has 1 amide bonds. The van der Waals surface area contributed by atoms with Crippen LogP contribution in [-0.4, -0.2) is 52.5 Å². The summed E-state index contributed by atoms with van der Waals surface area (Å²) in [5.41, 5.74) is 6.79. The number of likely N-dealkylation sites (N-methyl/N-ethyl adjacent to an activating group) is 1. The lowest BCUT2D eigenvalue weighted by Crippen LogP contribution is -2.39. The number of hydrogen-bond donors (Lipinski definition) is 2. The zero-order valence-electron chi connectivity index (χ0n) is 12.4. The van der Waals surface area contributed by atoms with Gasteiger partial charge in [0.25, 0.3) is 0 Å². The van der Waals surface area contributed by atoms with Gasteiger partial charge in [-0.2, -0.15) is 4.31 Å². The molecule has 0 bridgehead atoms. The molecule has 8 heteroatoms. The number of nitrogen functional groups attached to an aromatic ring is 1. The van der Waals surface area contributed by atoms with E-state index in [-0.39, 0.29) is 17.1 Å². The summed E-state index contributed by atoms with van der Waals surface area (Å²) in [7, 11) is -0.941. The summed E-state index contributed by atoms with van der Waals surface area (Å²) in [5, 5.41) is 2.56. The number of ether oxygens (including phenoxy) is 1. The van der Waals surface area contributed by atoms with E-state index in [4.69, 9.17) is 10.5 Å². The van der Waals surface area contributed by atoms with E-state index >= 15 is 0 Å². The molecule has 0 spiro atoms. The fourth-order valence-corrected chi connectivity index (χ4v) is 2.93.